The highest BCUT2D eigenvalue weighted by atomic mass is 16.3. The van der Waals surface area contributed by atoms with Gasteiger partial charge in [-0.1, -0.05) is 13.8 Å². The Labute approximate surface area is 100 Å². The van der Waals surface area contributed by atoms with Gasteiger partial charge in [0, 0.05) is 18.6 Å². The summed E-state index contributed by atoms with van der Waals surface area (Å²) in [6, 6.07) is 0.912. The van der Waals surface area contributed by atoms with Crippen LogP contribution in [0.5, 0.6) is 0 Å². The minimum atomic E-state index is 0.208. The molecule has 1 aliphatic carbocycles. The Bertz CT molecular complexity index is 192. The van der Waals surface area contributed by atoms with Gasteiger partial charge in [-0.2, -0.15) is 0 Å². The number of aliphatic hydroxyl groups is 1. The fourth-order valence-electron chi connectivity index (χ4n) is 2.56. The van der Waals surface area contributed by atoms with Crippen LogP contribution in [-0.2, 0) is 0 Å². The van der Waals surface area contributed by atoms with E-state index in [9.17, 15) is 0 Å². The molecule has 0 heterocycles. The predicted octanol–water partition coefficient (Wildman–Crippen LogP) is 1.47. The van der Waals surface area contributed by atoms with Crippen molar-refractivity contribution in [3.05, 3.63) is 0 Å². The maximum absolute atomic E-state index is 9.17. The SMILES string of the molecule is CNC(CO)CN(C)C1CCC(C)(C)CC1. The molecule has 96 valence electrons. The topological polar surface area (TPSA) is 35.5 Å². The summed E-state index contributed by atoms with van der Waals surface area (Å²) in [5.74, 6) is 0. The summed E-state index contributed by atoms with van der Waals surface area (Å²) in [7, 11) is 4.10. The molecular weight excluding hydrogens is 200 g/mol. The fraction of sp³-hybridized carbons (Fsp3) is 1.00. The molecular formula is C13H28N2O. The molecule has 0 radical (unpaired) electrons. The lowest BCUT2D eigenvalue weighted by molar-refractivity contribution is 0.109. The Kier molecular flexibility index (Phi) is 5.22. The molecule has 0 aromatic carbocycles. The van der Waals surface area contributed by atoms with Crippen molar-refractivity contribution >= 4 is 0 Å². The molecule has 1 fully saturated rings. The highest BCUT2D eigenvalue weighted by Crippen LogP contribution is 2.36. The summed E-state index contributed by atoms with van der Waals surface area (Å²) in [4.78, 5) is 2.41. The second-order valence-corrected chi connectivity index (χ2v) is 6.00. The van der Waals surface area contributed by atoms with E-state index >= 15 is 0 Å². The molecule has 1 atom stereocenters. The van der Waals surface area contributed by atoms with Gasteiger partial charge >= 0.3 is 0 Å². The van der Waals surface area contributed by atoms with Gasteiger partial charge in [-0.3, -0.25) is 0 Å². The quantitative estimate of drug-likeness (QED) is 0.748. The van der Waals surface area contributed by atoms with Crippen LogP contribution in [0.4, 0.5) is 0 Å². The van der Waals surface area contributed by atoms with Crippen molar-refractivity contribution < 1.29 is 5.11 Å². The molecule has 1 aliphatic rings. The van der Waals surface area contributed by atoms with Crippen LogP contribution in [-0.4, -0.2) is 49.3 Å². The van der Waals surface area contributed by atoms with E-state index in [1.807, 2.05) is 7.05 Å². The standard InChI is InChI=1S/C13H28N2O/c1-13(2)7-5-12(6-8-13)15(4)9-11(10-16)14-3/h11-12,14,16H,5-10H2,1-4H3. The maximum atomic E-state index is 9.17. The predicted molar refractivity (Wildman–Crippen MR) is 68.6 cm³/mol. The molecule has 16 heavy (non-hydrogen) atoms. The Morgan fingerprint density at radius 1 is 1.38 bits per heavy atom. The minimum absolute atomic E-state index is 0.208. The molecule has 0 aromatic heterocycles. The number of nitrogens with zero attached hydrogens (tertiary/aromatic N) is 1. The first-order valence-electron chi connectivity index (χ1n) is 6.47. The van der Waals surface area contributed by atoms with Crippen LogP contribution in [0.15, 0.2) is 0 Å². The van der Waals surface area contributed by atoms with E-state index in [1.54, 1.807) is 0 Å². The van der Waals surface area contributed by atoms with Gasteiger partial charge in [0.2, 0.25) is 0 Å². The van der Waals surface area contributed by atoms with Gasteiger partial charge in [-0.25, -0.2) is 0 Å². The van der Waals surface area contributed by atoms with E-state index in [2.05, 4.69) is 31.1 Å². The monoisotopic (exact) mass is 228 g/mol. The van der Waals surface area contributed by atoms with Crippen LogP contribution in [0.2, 0.25) is 0 Å². The number of rotatable bonds is 5. The summed E-state index contributed by atoms with van der Waals surface area (Å²) in [5.41, 5.74) is 0.538. The number of hydrogen-bond donors (Lipinski definition) is 2. The first-order valence-corrected chi connectivity index (χ1v) is 6.47. The second kappa shape index (κ2) is 5.99. The van der Waals surface area contributed by atoms with Crippen molar-refractivity contribution in [2.24, 2.45) is 5.41 Å². The van der Waals surface area contributed by atoms with E-state index < -0.39 is 0 Å². The van der Waals surface area contributed by atoms with E-state index in [4.69, 9.17) is 5.11 Å². The number of nitrogens with one attached hydrogen (secondary N) is 1. The van der Waals surface area contributed by atoms with Gasteiger partial charge in [-0.05, 0) is 45.2 Å². The molecule has 0 saturated heterocycles. The zero-order valence-electron chi connectivity index (χ0n) is 11.3. The highest BCUT2D eigenvalue weighted by molar-refractivity contribution is 4.84. The molecule has 3 heteroatoms. The third-order valence-corrected chi connectivity index (χ3v) is 4.07. The lowest BCUT2D eigenvalue weighted by atomic mass is 9.75. The van der Waals surface area contributed by atoms with Crippen LogP contribution >= 0.6 is 0 Å². The van der Waals surface area contributed by atoms with Gasteiger partial charge in [0.05, 0.1) is 6.61 Å². The molecule has 3 nitrogen and oxygen atoms in total. The minimum Gasteiger partial charge on any atom is -0.395 e. The molecule has 1 saturated carbocycles. The fourth-order valence-corrected chi connectivity index (χ4v) is 2.56. The van der Waals surface area contributed by atoms with Crippen LogP contribution in [0.3, 0.4) is 0 Å². The van der Waals surface area contributed by atoms with Crippen molar-refractivity contribution in [2.45, 2.75) is 51.6 Å². The number of hydrogen-bond acceptors (Lipinski definition) is 3. The third-order valence-electron chi connectivity index (χ3n) is 4.07. The molecule has 0 amide bonds. The largest absolute Gasteiger partial charge is 0.395 e. The van der Waals surface area contributed by atoms with Gasteiger partial charge in [0.15, 0.2) is 0 Å². The smallest absolute Gasteiger partial charge is 0.0597 e. The normalized spacial score (nSPS) is 23.6. The summed E-state index contributed by atoms with van der Waals surface area (Å²) in [6.45, 7) is 5.90. The van der Waals surface area contributed by atoms with Gasteiger partial charge < -0.3 is 15.3 Å². The first kappa shape index (κ1) is 13.9. The van der Waals surface area contributed by atoms with Crippen molar-refractivity contribution in [1.29, 1.82) is 0 Å². The molecule has 0 aliphatic heterocycles. The highest BCUT2D eigenvalue weighted by Gasteiger charge is 2.29. The van der Waals surface area contributed by atoms with Crippen molar-refractivity contribution in [1.82, 2.24) is 10.2 Å². The molecule has 0 spiro atoms. The summed E-state index contributed by atoms with van der Waals surface area (Å²) < 4.78 is 0. The Morgan fingerprint density at radius 3 is 2.38 bits per heavy atom. The van der Waals surface area contributed by atoms with E-state index in [0.717, 1.165) is 6.54 Å². The average Bonchev–Trinajstić information content (AvgIpc) is 2.25. The summed E-state index contributed by atoms with van der Waals surface area (Å²) in [6.07, 6.45) is 5.24. The Morgan fingerprint density at radius 2 is 1.94 bits per heavy atom. The van der Waals surface area contributed by atoms with Gasteiger partial charge in [0.25, 0.3) is 0 Å². The molecule has 1 unspecified atom stereocenters. The van der Waals surface area contributed by atoms with E-state index in [0.29, 0.717) is 11.5 Å². The van der Waals surface area contributed by atoms with E-state index in [-0.39, 0.29) is 12.6 Å². The lowest BCUT2D eigenvalue weighted by Gasteiger charge is -2.39. The second-order valence-electron chi connectivity index (χ2n) is 6.00. The van der Waals surface area contributed by atoms with Crippen LogP contribution in [0.1, 0.15) is 39.5 Å². The van der Waals surface area contributed by atoms with Crippen LogP contribution < -0.4 is 5.32 Å². The first-order chi connectivity index (χ1) is 7.48. The zero-order valence-corrected chi connectivity index (χ0v) is 11.3. The third kappa shape index (κ3) is 4.04. The summed E-state index contributed by atoms with van der Waals surface area (Å²) in [5, 5.41) is 12.3. The Balaban J connectivity index is 2.35. The number of aliphatic hydroxyl groups excluding tert-OH is 1. The van der Waals surface area contributed by atoms with E-state index in [1.165, 1.54) is 25.7 Å². The number of likely N-dealkylation sites (N-methyl/N-ethyl adjacent to an activating group) is 2. The van der Waals surface area contributed by atoms with Crippen LogP contribution in [0.25, 0.3) is 0 Å². The van der Waals surface area contributed by atoms with Crippen molar-refractivity contribution in [2.75, 3.05) is 27.2 Å². The van der Waals surface area contributed by atoms with Crippen molar-refractivity contribution in [3.63, 3.8) is 0 Å². The molecule has 0 aromatic rings. The Hall–Kier alpha value is -0.120. The van der Waals surface area contributed by atoms with Crippen molar-refractivity contribution in [3.8, 4) is 0 Å². The van der Waals surface area contributed by atoms with Gasteiger partial charge in [0.1, 0.15) is 0 Å². The molecule has 0 bridgehead atoms. The van der Waals surface area contributed by atoms with Crippen LogP contribution in [0, 0.1) is 5.41 Å². The average molecular weight is 228 g/mol. The summed E-state index contributed by atoms with van der Waals surface area (Å²) >= 11 is 0. The lowest BCUT2D eigenvalue weighted by Crippen LogP contribution is -2.45. The molecule has 2 N–H and O–H groups in total. The maximum Gasteiger partial charge on any atom is 0.0597 e. The zero-order chi connectivity index (χ0) is 12.2. The molecule has 1 rings (SSSR count). The van der Waals surface area contributed by atoms with Gasteiger partial charge in [-0.15, -0.1) is 0 Å².